The molecule has 0 saturated heterocycles. The first-order valence-electron chi connectivity index (χ1n) is 12.2. The maximum atomic E-state index is 10.1. The molecule has 10 heteroatoms. The topological polar surface area (TPSA) is 118 Å². The number of hydrogen-bond acceptors (Lipinski definition) is 8. The molecule has 0 amide bonds. The second-order valence-corrected chi connectivity index (χ2v) is 16.2. The average molecular weight is 519 g/mol. The molecular formula is C27H34N6O3Si. The lowest BCUT2D eigenvalue weighted by molar-refractivity contribution is 0.0739. The van der Waals surface area contributed by atoms with Gasteiger partial charge in [0.15, 0.2) is 11.4 Å². The van der Waals surface area contributed by atoms with Crippen molar-refractivity contribution in [1.82, 2.24) is 25.1 Å². The van der Waals surface area contributed by atoms with Crippen molar-refractivity contribution in [2.45, 2.75) is 51.7 Å². The summed E-state index contributed by atoms with van der Waals surface area (Å²) in [5, 5.41) is 20.9. The number of aromatic nitrogens is 5. The first kappa shape index (κ1) is 26.5. The summed E-state index contributed by atoms with van der Waals surface area (Å²) in [7, 11) is -1.19. The molecule has 0 atom stereocenters. The number of hydrogen-bond donors (Lipinski definition) is 3. The number of H-pyrrole nitrogens is 1. The monoisotopic (exact) mass is 518 g/mol. The lowest BCUT2D eigenvalue weighted by atomic mass is 10.1. The number of nitrogens with zero attached hydrogens (tertiary/aromatic N) is 4. The van der Waals surface area contributed by atoms with Gasteiger partial charge in [-0.2, -0.15) is 5.10 Å². The van der Waals surface area contributed by atoms with Crippen LogP contribution in [0.5, 0.6) is 11.5 Å². The SMILES string of the molecule is CC(C)(O)c1ccc(Nc2cc(Oc3c(-c4ccccn4)n[nH]c3COCC[Si](C)(C)C)ccn2)cn1. The molecule has 0 aliphatic carbocycles. The molecule has 0 bridgehead atoms. The second kappa shape index (κ2) is 11.2. The van der Waals surface area contributed by atoms with E-state index in [2.05, 4.69) is 50.1 Å². The van der Waals surface area contributed by atoms with Gasteiger partial charge in [0.25, 0.3) is 0 Å². The minimum absolute atomic E-state index is 0.356. The molecule has 0 aliphatic heterocycles. The average Bonchev–Trinajstić information content (AvgIpc) is 3.24. The molecule has 9 nitrogen and oxygen atoms in total. The Bertz CT molecular complexity index is 1300. The zero-order valence-electron chi connectivity index (χ0n) is 21.9. The molecule has 0 saturated carbocycles. The van der Waals surface area contributed by atoms with Crippen molar-refractivity contribution in [2.24, 2.45) is 0 Å². The molecule has 0 unspecified atom stereocenters. The molecule has 0 fully saturated rings. The molecule has 0 aromatic carbocycles. The molecule has 194 valence electrons. The maximum Gasteiger partial charge on any atom is 0.180 e. The molecule has 3 N–H and O–H groups in total. The van der Waals surface area contributed by atoms with Gasteiger partial charge in [0.05, 0.1) is 29.9 Å². The second-order valence-electron chi connectivity index (χ2n) is 10.6. The van der Waals surface area contributed by atoms with Crippen molar-refractivity contribution in [3.05, 3.63) is 72.4 Å². The van der Waals surface area contributed by atoms with Gasteiger partial charge in [0, 0.05) is 33.1 Å². The van der Waals surface area contributed by atoms with Crippen LogP contribution in [0, 0.1) is 0 Å². The number of pyridine rings is 3. The fourth-order valence-electron chi connectivity index (χ4n) is 3.44. The van der Waals surface area contributed by atoms with Crippen LogP contribution in [0.2, 0.25) is 25.7 Å². The van der Waals surface area contributed by atoms with Crippen LogP contribution in [0.3, 0.4) is 0 Å². The third-order valence-electron chi connectivity index (χ3n) is 5.56. The van der Waals surface area contributed by atoms with Crippen molar-refractivity contribution in [3.8, 4) is 22.9 Å². The summed E-state index contributed by atoms with van der Waals surface area (Å²) in [6.07, 6.45) is 5.05. The van der Waals surface area contributed by atoms with E-state index in [0.717, 1.165) is 17.4 Å². The normalized spacial score (nSPS) is 11.9. The highest BCUT2D eigenvalue weighted by Gasteiger charge is 2.20. The summed E-state index contributed by atoms with van der Waals surface area (Å²) in [6, 6.07) is 14.0. The number of anilines is 2. The van der Waals surface area contributed by atoms with E-state index in [1.807, 2.05) is 24.3 Å². The molecule has 4 aromatic rings. The number of nitrogens with one attached hydrogen (secondary N) is 2. The van der Waals surface area contributed by atoms with Gasteiger partial charge in [-0.1, -0.05) is 25.7 Å². The largest absolute Gasteiger partial charge is 0.453 e. The molecule has 0 aliphatic rings. The Morgan fingerprint density at radius 3 is 2.54 bits per heavy atom. The number of ether oxygens (including phenoxy) is 2. The van der Waals surface area contributed by atoms with Crippen molar-refractivity contribution < 1.29 is 14.6 Å². The Hall–Kier alpha value is -3.60. The molecule has 4 aromatic heterocycles. The number of aliphatic hydroxyl groups is 1. The summed E-state index contributed by atoms with van der Waals surface area (Å²) in [5.74, 6) is 1.74. The minimum atomic E-state index is -1.19. The summed E-state index contributed by atoms with van der Waals surface area (Å²) in [6.45, 7) is 11.4. The fraction of sp³-hybridized carbons (Fsp3) is 0.333. The molecular weight excluding hydrogens is 484 g/mol. The van der Waals surface area contributed by atoms with Gasteiger partial charge in [-0.25, -0.2) is 4.98 Å². The Kier molecular flexibility index (Phi) is 8.01. The standard InChI is InChI=1S/C27H34N6O3Si/c1-27(2,34)23-10-9-19(17-30-23)31-24-16-20(11-13-29-24)36-26-22(18-35-14-15-37(3,4)5)32-33-25(26)21-8-6-7-12-28-21/h6-13,16-17,34H,14-15,18H2,1-5H3,(H,29,31)(H,32,33). The highest BCUT2D eigenvalue weighted by molar-refractivity contribution is 6.76. The van der Waals surface area contributed by atoms with E-state index in [0.29, 0.717) is 47.6 Å². The fourth-order valence-corrected chi connectivity index (χ4v) is 4.20. The van der Waals surface area contributed by atoms with Crippen molar-refractivity contribution in [3.63, 3.8) is 0 Å². The van der Waals surface area contributed by atoms with Crippen LogP contribution in [0.4, 0.5) is 11.5 Å². The molecule has 4 rings (SSSR count). The molecule has 4 heterocycles. The Morgan fingerprint density at radius 1 is 1.03 bits per heavy atom. The Morgan fingerprint density at radius 2 is 1.86 bits per heavy atom. The van der Waals surface area contributed by atoms with Gasteiger partial charge >= 0.3 is 0 Å². The minimum Gasteiger partial charge on any atom is -0.453 e. The summed E-state index contributed by atoms with van der Waals surface area (Å²) >= 11 is 0. The smallest absolute Gasteiger partial charge is 0.180 e. The van der Waals surface area contributed by atoms with Crippen LogP contribution in [-0.4, -0.2) is 44.9 Å². The van der Waals surface area contributed by atoms with Gasteiger partial charge < -0.3 is 19.9 Å². The highest BCUT2D eigenvalue weighted by atomic mass is 28.3. The van der Waals surface area contributed by atoms with E-state index in [9.17, 15) is 5.11 Å². The molecule has 37 heavy (non-hydrogen) atoms. The van der Waals surface area contributed by atoms with Crippen molar-refractivity contribution >= 4 is 19.6 Å². The highest BCUT2D eigenvalue weighted by Crippen LogP contribution is 2.35. The van der Waals surface area contributed by atoms with Gasteiger partial charge in [0.1, 0.15) is 22.9 Å². The van der Waals surface area contributed by atoms with Crippen LogP contribution in [0.25, 0.3) is 11.4 Å². The van der Waals surface area contributed by atoms with Gasteiger partial charge in [-0.15, -0.1) is 0 Å². The van der Waals surface area contributed by atoms with E-state index < -0.39 is 13.7 Å². The summed E-state index contributed by atoms with van der Waals surface area (Å²) < 4.78 is 12.3. The Balaban J connectivity index is 1.54. The lowest BCUT2D eigenvalue weighted by Gasteiger charge is -2.16. The first-order valence-corrected chi connectivity index (χ1v) is 16.0. The third-order valence-corrected chi connectivity index (χ3v) is 7.26. The molecule has 0 radical (unpaired) electrons. The zero-order valence-corrected chi connectivity index (χ0v) is 22.9. The third kappa shape index (κ3) is 7.45. The predicted octanol–water partition coefficient (Wildman–Crippen LogP) is 5.88. The van der Waals surface area contributed by atoms with Crippen LogP contribution >= 0.6 is 0 Å². The zero-order chi connectivity index (χ0) is 26.5. The number of aromatic amines is 1. The van der Waals surface area contributed by atoms with E-state index in [1.54, 1.807) is 50.6 Å². The first-order chi connectivity index (χ1) is 17.6. The van der Waals surface area contributed by atoms with Crippen molar-refractivity contribution in [2.75, 3.05) is 11.9 Å². The molecule has 0 spiro atoms. The van der Waals surface area contributed by atoms with Crippen LogP contribution in [0.1, 0.15) is 25.2 Å². The van der Waals surface area contributed by atoms with E-state index >= 15 is 0 Å². The van der Waals surface area contributed by atoms with Gasteiger partial charge in [-0.3, -0.25) is 15.1 Å². The summed E-state index contributed by atoms with van der Waals surface area (Å²) in [4.78, 5) is 13.2. The number of rotatable bonds is 11. The van der Waals surface area contributed by atoms with Crippen LogP contribution in [-0.2, 0) is 16.9 Å². The van der Waals surface area contributed by atoms with E-state index in [1.165, 1.54) is 0 Å². The van der Waals surface area contributed by atoms with E-state index in [4.69, 9.17) is 9.47 Å². The van der Waals surface area contributed by atoms with Crippen molar-refractivity contribution in [1.29, 1.82) is 0 Å². The van der Waals surface area contributed by atoms with E-state index in [-0.39, 0.29) is 0 Å². The maximum absolute atomic E-state index is 10.1. The van der Waals surface area contributed by atoms with Crippen LogP contribution < -0.4 is 10.1 Å². The van der Waals surface area contributed by atoms with Crippen LogP contribution in [0.15, 0.2) is 61.1 Å². The van der Waals surface area contributed by atoms with Gasteiger partial charge in [-0.05, 0) is 50.2 Å². The summed E-state index contributed by atoms with van der Waals surface area (Å²) in [5.41, 5.74) is 2.39. The van der Waals surface area contributed by atoms with Gasteiger partial charge in [0.2, 0.25) is 0 Å². The predicted molar refractivity (Wildman–Crippen MR) is 147 cm³/mol. The Labute approximate surface area is 218 Å². The lowest BCUT2D eigenvalue weighted by Crippen LogP contribution is -2.21. The quantitative estimate of drug-likeness (QED) is 0.166.